The Labute approximate surface area is 73.5 Å². The molecule has 12 heavy (non-hydrogen) atoms. The number of hydrogen-bond acceptors (Lipinski definition) is 2. The van der Waals surface area contributed by atoms with Crippen LogP contribution in [-0.4, -0.2) is 12.8 Å². The Balaban J connectivity index is 3.47. The third kappa shape index (κ3) is 7.12. The monoisotopic (exact) mass is 172 g/mol. The summed E-state index contributed by atoms with van der Waals surface area (Å²) in [5, 5.41) is 5.57. The molecule has 70 valence electrons. The Bertz CT molecular complexity index is 153. The van der Waals surface area contributed by atoms with Gasteiger partial charge in [-0.15, -0.1) is 0 Å². The molecular formula is C9H17FN2. The minimum absolute atomic E-state index is 0.796. The summed E-state index contributed by atoms with van der Waals surface area (Å²) in [6, 6.07) is 0. The second kappa shape index (κ2) is 6.70. The van der Waals surface area contributed by atoms with Crippen molar-refractivity contribution >= 4 is 0 Å². The van der Waals surface area contributed by atoms with Gasteiger partial charge in [0.25, 0.3) is 0 Å². The van der Waals surface area contributed by atoms with Crippen molar-refractivity contribution in [3.8, 4) is 0 Å². The summed E-state index contributed by atoms with van der Waals surface area (Å²) >= 11 is 0. The Morgan fingerprint density at radius 3 is 2.83 bits per heavy atom. The van der Waals surface area contributed by atoms with E-state index in [1.807, 2.05) is 0 Å². The molecule has 0 rings (SSSR count). The Kier molecular flexibility index (Phi) is 6.15. The van der Waals surface area contributed by atoms with Gasteiger partial charge in [-0.1, -0.05) is 13.5 Å². The molecule has 2 nitrogen and oxygen atoms in total. The minimum Gasteiger partial charge on any atom is -0.385 e. The van der Waals surface area contributed by atoms with E-state index in [4.69, 9.17) is 0 Å². The lowest BCUT2D eigenvalue weighted by molar-refractivity contribution is 0.329. The maximum absolute atomic E-state index is 12.2. The van der Waals surface area contributed by atoms with Gasteiger partial charge >= 0.3 is 0 Å². The number of nitrogens with one attached hydrogen (secondary N) is 2. The second-order valence-corrected chi connectivity index (χ2v) is 2.57. The number of halogens is 1. The zero-order valence-corrected chi connectivity index (χ0v) is 7.73. The number of alkyl halides is 1. The fourth-order valence-electron chi connectivity index (χ4n) is 0.626. The molecule has 0 radical (unpaired) electrons. The van der Waals surface area contributed by atoms with Crippen molar-refractivity contribution in [1.82, 2.24) is 10.6 Å². The van der Waals surface area contributed by atoms with E-state index in [-0.39, 0.29) is 0 Å². The van der Waals surface area contributed by atoms with Crippen LogP contribution in [0.4, 0.5) is 4.39 Å². The highest BCUT2D eigenvalue weighted by molar-refractivity contribution is 5.11. The smallest absolute Gasteiger partial charge is 0.166 e. The van der Waals surface area contributed by atoms with Crippen LogP contribution in [0.2, 0.25) is 0 Å². The fourth-order valence-corrected chi connectivity index (χ4v) is 0.626. The highest BCUT2D eigenvalue weighted by Crippen LogP contribution is 1.87. The van der Waals surface area contributed by atoms with E-state index in [0.29, 0.717) is 0 Å². The van der Waals surface area contributed by atoms with Gasteiger partial charge in [-0.25, -0.2) is 4.39 Å². The quantitative estimate of drug-likeness (QED) is 0.472. The maximum Gasteiger partial charge on any atom is 0.166 e. The SMILES string of the molecule is C=C(/C=C\NC(C)F)NCCC. The standard InChI is InChI=1S/C9H17FN2/c1-4-6-11-8(2)5-7-12-9(3)10/h5,7,9,11-12H,2,4,6H2,1,3H3/b7-5-. The van der Waals surface area contributed by atoms with E-state index in [1.165, 1.54) is 6.92 Å². The summed E-state index contributed by atoms with van der Waals surface area (Å²) < 4.78 is 12.2. The maximum atomic E-state index is 12.2. The van der Waals surface area contributed by atoms with Crippen LogP contribution in [0.5, 0.6) is 0 Å². The Hall–Kier alpha value is -0.990. The van der Waals surface area contributed by atoms with Gasteiger partial charge in [-0.2, -0.15) is 0 Å². The molecule has 0 heterocycles. The molecule has 1 atom stereocenters. The van der Waals surface area contributed by atoms with Crippen LogP contribution in [0.15, 0.2) is 24.6 Å². The average Bonchev–Trinajstić information content (AvgIpc) is 2.00. The molecule has 3 heteroatoms. The predicted octanol–water partition coefficient (Wildman–Crippen LogP) is 1.92. The summed E-state index contributed by atoms with van der Waals surface area (Å²) in [5.41, 5.74) is 0.796. The zero-order chi connectivity index (χ0) is 9.40. The molecule has 0 aromatic carbocycles. The van der Waals surface area contributed by atoms with Crippen LogP contribution in [0.1, 0.15) is 20.3 Å². The van der Waals surface area contributed by atoms with Crippen molar-refractivity contribution in [2.45, 2.75) is 26.6 Å². The van der Waals surface area contributed by atoms with Gasteiger partial charge in [-0.3, -0.25) is 0 Å². The van der Waals surface area contributed by atoms with Crippen molar-refractivity contribution < 1.29 is 4.39 Å². The first kappa shape index (κ1) is 11.0. The van der Waals surface area contributed by atoms with E-state index < -0.39 is 6.30 Å². The molecular weight excluding hydrogens is 155 g/mol. The predicted molar refractivity (Wildman–Crippen MR) is 50.3 cm³/mol. The van der Waals surface area contributed by atoms with Crippen LogP contribution in [0.25, 0.3) is 0 Å². The molecule has 0 amide bonds. The van der Waals surface area contributed by atoms with Crippen molar-refractivity contribution in [2.75, 3.05) is 6.54 Å². The highest BCUT2D eigenvalue weighted by Gasteiger charge is 1.88. The zero-order valence-electron chi connectivity index (χ0n) is 7.73. The molecule has 0 aromatic heterocycles. The topological polar surface area (TPSA) is 24.1 Å². The second-order valence-electron chi connectivity index (χ2n) is 2.57. The normalized spacial score (nSPS) is 12.9. The van der Waals surface area contributed by atoms with E-state index in [2.05, 4.69) is 24.1 Å². The fraction of sp³-hybridized carbons (Fsp3) is 0.556. The molecule has 1 unspecified atom stereocenters. The molecule has 0 aromatic rings. The van der Waals surface area contributed by atoms with Crippen LogP contribution in [0, 0.1) is 0 Å². The molecule has 0 spiro atoms. The minimum atomic E-state index is -1.01. The van der Waals surface area contributed by atoms with E-state index >= 15 is 0 Å². The third-order valence-electron chi connectivity index (χ3n) is 1.21. The van der Waals surface area contributed by atoms with Crippen molar-refractivity contribution in [3.63, 3.8) is 0 Å². The molecule has 0 saturated carbocycles. The first-order chi connectivity index (χ1) is 5.66. The lowest BCUT2D eigenvalue weighted by atomic mass is 10.4. The van der Waals surface area contributed by atoms with Gasteiger partial charge in [-0.05, 0) is 19.4 Å². The van der Waals surface area contributed by atoms with Crippen LogP contribution in [-0.2, 0) is 0 Å². The lowest BCUT2D eigenvalue weighted by Gasteiger charge is -2.03. The van der Waals surface area contributed by atoms with Crippen LogP contribution < -0.4 is 10.6 Å². The van der Waals surface area contributed by atoms with E-state index in [9.17, 15) is 4.39 Å². The van der Waals surface area contributed by atoms with E-state index in [0.717, 1.165) is 18.7 Å². The molecule has 0 aliphatic carbocycles. The average molecular weight is 172 g/mol. The summed E-state index contributed by atoms with van der Waals surface area (Å²) in [6.45, 7) is 8.14. The summed E-state index contributed by atoms with van der Waals surface area (Å²) in [7, 11) is 0. The first-order valence-corrected chi connectivity index (χ1v) is 4.16. The Morgan fingerprint density at radius 2 is 2.33 bits per heavy atom. The van der Waals surface area contributed by atoms with Gasteiger partial charge in [0.2, 0.25) is 0 Å². The van der Waals surface area contributed by atoms with Gasteiger partial charge in [0, 0.05) is 18.4 Å². The van der Waals surface area contributed by atoms with Crippen LogP contribution in [0.3, 0.4) is 0 Å². The number of allylic oxidation sites excluding steroid dienone is 1. The molecule has 2 N–H and O–H groups in total. The molecule has 0 saturated heterocycles. The van der Waals surface area contributed by atoms with Gasteiger partial charge in [0.05, 0.1) is 0 Å². The van der Waals surface area contributed by atoms with Gasteiger partial charge in [0.1, 0.15) is 0 Å². The van der Waals surface area contributed by atoms with E-state index in [1.54, 1.807) is 12.3 Å². The molecule has 0 aliphatic heterocycles. The molecule has 0 bridgehead atoms. The Morgan fingerprint density at radius 1 is 1.67 bits per heavy atom. The van der Waals surface area contributed by atoms with Gasteiger partial charge < -0.3 is 10.6 Å². The molecule has 0 aliphatic rings. The number of rotatable bonds is 6. The largest absolute Gasteiger partial charge is 0.385 e. The van der Waals surface area contributed by atoms with Gasteiger partial charge in [0.15, 0.2) is 6.30 Å². The van der Waals surface area contributed by atoms with Crippen molar-refractivity contribution in [3.05, 3.63) is 24.6 Å². The highest BCUT2D eigenvalue weighted by atomic mass is 19.1. The van der Waals surface area contributed by atoms with Crippen LogP contribution >= 0.6 is 0 Å². The summed E-state index contributed by atoms with van der Waals surface area (Å²) in [5.74, 6) is 0. The number of hydrogen-bond donors (Lipinski definition) is 2. The first-order valence-electron chi connectivity index (χ1n) is 4.16. The third-order valence-corrected chi connectivity index (χ3v) is 1.21. The molecule has 0 fully saturated rings. The summed E-state index contributed by atoms with van der Waals surface area (Å²) in [6.07, 6.45) is 3.31. The van der Waals surface area contributed by atoms with Crippen molar-refractivity contribution in [1.29, 1.82) is 0 Å². The summed E-state index contributed by atoms with van der Waals surface area (Å²) in [4.78, 5) is 0. The lowest BCUT2D eigenvalue weighted by Crippen LogP contribution is -2.15. The van der Waals surface area contributed by atoms with Crippen molar-refractivity contribution in [2.24, 2.45) is 0 Å².